The summed E-state index contributed by atoms with van der Waals surface area (Å²) in [5, 5.41) is 7.61. The molecule has 2 aromatic carbocycles. The van der Waals surface area contributed by atoms with Gasteiger partial charge in [-0.05, 0) is 29.1 Å². The molecule has 0 bridgehead atoms. The minimum atomic E-state index is -0.800. The van der Waals surface area contributed by atoms with E-state index in [1.54, 1.807) is 11.3 Å². The van der Waals surface area contributed by atoms with Gasteiger partial charge >= 0.3 is 0 Å². The van der Waals surface area contributed by atoms with Crippen molar-refractivity contribution in [2.75, 3.05) is 11.9 Å². The van der Waals surface area contributed by atoms with Gasteiger partial charge in [0.25, 0.3) is 0 Å². The number of thiophene rings is 1. The predicted octanol–water partition coefficient (Wildman–Crippen LogP) is 4.34. The number of nitrogens with one attached hydrogen (secondary N) is 2. The fraction of sp³-hybridized carbons (Fsp3) is 0.105. The van der Waals surface area contributed by atoms with Crippen LogP contribution in [0.15, 0.2) is 66.0 Å². The number of carbonyl (C=O) groups excluding carboxylic acids is 1. The molecule has 3 nitrogen and oxygen atoms in total. The third-order valence-corrected chi connectivity index (χ3v) is 4.57. The van der Waals surface area contributed by atoms with Gasteiger partial charge in [-0.25, -0.2) is 8.78 Å². The normalized spacial score (nSPS) is 11.9. The molecule has 0 saturated heterocycles. The maximum absolute atomic E-state index is 13.6. The summed E-state index contributed by atoms with van der Waals surface area (Å²) in [6.45, 7) is -0.00568. The van der Waals surface area contributed by atoms with E-state index < -0.39 is 17.5 Å². The number of rotatable bonds is 6. The summed E-state index contributed by atoms with van der Waals surface area (Å²) in [5.41, 5.74) is 0.992. The van der Waals surface area contributed by atoms with Gasteiger partial charge in [0.15, 0.2) is 0 Å². The second-order valence-corrected chi connectivity index (χ2v) is 6.39. The Morgan fingerprint density at radius 2 is 1.84 bits per heavy atom. The summed E-state index contributed by atoms with van der Waals surface area (Å²) >= 11 is 1.59. The van der Waals surface area contributed by atoms with Crippen LogP contribution in [0.2, 0.25) is 0 Å². The van der Waals surface area contributed by atoms with E-state index in [1.165, 1.54) is 6.07 Å². The molecule has 1 atom stereocenters. The molecular formula is C19H16F2N2OS. The average molecular weight is 358 g/mol. The van der Waals surface area contributed by atoms with Gasteiger partial charge in [-0.3, -0.25) is 10.1 Å². The molecule has 0 spiro atoms. The summed E-state index contributed by atoms with van der Waals surface area (Å²) in [6, 6.07) is 16.6. The fourth-order valence-corrected chi connectivity index (χ4v) is 3.29. The van der Waals surface area contributed by atoms with E-state index in [0.29, 0.717) is 0 Å². The number of hydrogen-bond acceptors (Lipinski definition) is 3. The SMILES string of the molecule is O=C(CN[C@H](c1ccccc1)c1cccs1)Nc1ccc(F)cc1F. The third-order valence-electron chi connectivity index (χ3n) is 3.63. The largest absolute Gasteiger partial charge is 0.322 e. The smallest absolute Gasteiger partial charge is 0.238 e. The van der Waals surface area contributed by atoms with Crippen LogP contribution in [0.25, 0.3) is 0 Å². The van der Waals surface area contributed by atoms with Crippen molar-refractivity contribution in [3.8, 4) is 0 Å². The van der Waals surface area contributed by atoms with Crippen molar-refractivity contribution in [2.45, 2.75) is 6.04 Å². The summed E-state index contributed by atoms with van der Waals surface area (Å²) < 4.78 is 26.5. The lowest BCUT2D eigenvalue weighted by Gasteiger charge is -2.18. The van der Waals surface area contributed by atoms with E-state index in [1.807, 2.05) is 47.8 Å². The first-order chi connectivity index (χ1) is 12.1. The van der Waals surface area contributed by atoms with Crippen molar-refractivity contribution < 1.29 is 13.6 Å². The van der Waals surface area contributed by atoms with E-state index in [2.05, 4.69) is 10.6 Å². The van der Waals surface area contributed by atoms with E-state index >= 15 is 0 Å². The van der Waals surface area contributed by atoms with E-state index in [9.17, 15) is 13.6 Å². The molecule has 0 aliphatic carbocycles. The highest BCUT2D eigenvalue weighted by molar-refractivity contribution is 7.10. The number of benzene rings is 2. The van der Waals surface area contributed by atoms with Crippen molar-refractivity contribution in [1.82, 2.24) is 5.32 Å². The number of amides is 1. The third kappa shape index (κ3) is 4.49. The van der Waals surface area contributed by atoms with Crippen molar-refractivity contribution >= 4 is 22.9 Å². The van der Waals surface area contributed by atoms with Gasteiger partial charge in [0.1, 0.15) is 11.6 Å². The highest BCUT2D eigenvalue weighted by atomic mass is 32.1. The van der Waals surface area contributed by atoms with Crippen LogP contribution in [0.5, 0.6) is 0 Å². The molecule has 0 aliphatic rings. The Bertz CT molecular complexity index is 838. The molecule has 0 fully saturated rings. The molecule has 1 heterocycles. The Labute approximate surface area is 148 Å². The molecule has 0 aliphatic heterocycles. The molecule has 0 unspecified atom stereocenters. The average Bonchev–Trinajstić information content (AvgIpc) is 3.13. The van der Waals surface area contributed by atoms with Crippen LogP contribution in [-0.4, -0.2) is 12.5 Å². The molecular weight excluding hydrogens is 342 g/mol. The highest BCUT2D eigenvalue weighted by Gasteiger charge is 2.16. The van der Waals surface area contributed by atoms with Gasteiger partial charge in [0.05, 0.1) is 18.3 Å². The molecule has 0 saturated carbocycles. The standard InChI is InChI=1S/C19H16F2N2OS/c20-14-8-9-16(15(21)11-14)23-18(24)12-22-19(17-7-4-10-25-17)13-5-2-1-3-6-13/h1-11,19,22H,12H2,(H,23,24)/t19-/m1/s1. The van der Waals surface area contributed by atoms with Crippen LogP contribution in [0, 0.1) is 11.6 Å². The first kappa shape index (κ1) is 17.3. The number of anilines is 1. The number of hydrogen-bond donors (Lipinski definition) is 2. The molecule has 1 aromatic heterocycles. The van der Waals surface area contributed by atoms with Crippen LogP contribution < -0.4 is 10.6 Å². The lowest BCUT2D eigenvalue weighted by molar-refractivity contribution is -0.115. The Morgan fingerprint density at radius 1 is 1.04 bits per heavy atom. The molecule has 25 heavy (non-hydrogen) atoms. The fourth-order valence-electron chi connectivity index (χ4n) is 2.46. The van der Waals surface area contributed by atoms with Crippen LogP contribution in [0.4, 0.5) is 14.5 Å². The molecule has 0 radical (unpaired) electrons. The second-order valence-electron chi connectivity index (χ2n) is 5.41. The highest BCUT2D eigenvalue weighted by Crippen LogP contribution is 2.25. The molecule has 2 N–H and O–H groups in total. The lowest BCUT2D eigenvalue weighted by Crippen LogP contribution is -2.31. The van der Waals surface area contributed by atoms with Gasteiger partial charge in [0, 0.05) is 10.9 Å². The summed E-state index contributed by atoms with van der Waals surface area (Å²) in [4.78, 5) is 13.2. The predicted molar refractivity (Wildman–Crippen MR) is 95.6 cm³/mol. The Morgan fingerprint density at radius 3 is 2.52 bits per heavy atom. The van der Waals surface area contributed by atoms with Crippen molar-refractivity contribution in [2.24, 2.45) is 0 Å². The molecule has 3 rings (SSSR count). The van der Waals surface area contributed by atoms with Gasteiger partial charge in [-0.15, -0.1) is 11.3 Å². The lowest BCUT2D eigenvalue weighted by atomic mass is 10.1. The maximum Gasteiger partial charge on any atom is 0.238 e. The van der Waals surface area contributed by atoms with Gasteiger partial charge in [-0.1, -0.05) is 36.4 Å². The van der Waals surface area contributed by atoms with Crippen molar-refractivity contribution in [3.05, 3.63) is 88.1 Å². The van der Waals surface area contributed by atoms with E-state index in [0.717, 1.165) is 22.6 Å². The molecule has 128 valence electrons. The topological polar surface area (TPSA) is 41.1 Å². The number of carbonyl (C=O) groups is 1. The Kier molecular flexibility index (Phi) is 5.53. The van der Waals surface area contributed by atoms with Crippen molar-refractivity contribution in [1.29, 1.82) is 0 Å². The van der Waals surface area contributed by atoms with Crippen LogP contribution >= 0.6 is 11.3 Å². The summed E-state index contributed by atoms with van der Waals surface area (Å²) in [6.07, 6.45) is 0. The minimum absolute atomic E-state index is 0.00568. The van der Waals surface area contributed by atoms with Crippen LogP contribution in [-0.2, 0) is 4.79 Å². The molecule has 1 amide bonds. The second kappa shape index (κ2) is 8.00. The van der Waals surface area contributed by atoms with E-state index in [4.69, 9.17) is 0 Å². The minimum Gasteiger partial charge on any atom is -0.322 e. The first-order valence-electron chi connectivity index (χ1n) is 7.70. The van der Waals surface area contributed by atoms with Gasteiger partial charge in [-0.2, -0.15) is 0 Å². The zero-order valence-corrected chi connectivity index (χ0v) is 14.0. The quantitative estimate of drug-likeness (QED) is 0.688. The molecule has 3 aromatic rings. The zero-order chi connectivity index (χ0) is 17.6. The summed E-state index contributed by atoms with van der Waals surface area (Å²) in [5.74, 6) is -1.88. The van der Waals surface area contributed by atoms with E-state index in [-0.39, 0.29) is 18.3 Å². The number of halogens is 2. The maximum atomic E-state index is 13.6. The zero-order valence-electron chi connectivity index (χ0n) is 13.2. The Hall–Kier alpha value is -2.57. The van der Waals surface area contributed by atoms with Crippen LogP contribution in [0.3, 0.4) is 0 Å². The van der Waals surface area contributed by atoms with Gasteiger partial charge in [0.2, 0.25) is 5.91 Å². The molecule has 6 heteroatoms. The Balaban J connectivity index is 1.68. The van der Waals surface area contributed by atoms with Gasteiger partial charge < -0.3 is 5.32 Å². The first-order valence-corrected chi connectivity index (χ1v) is 8.58. The monoisotopic (exact) mass is 358 g/mol. The van der Waals surface area contributed by atoms with Crippen LogP contribution in [0.1, 0.15) is 16.5 Å². The van der Waals surface area contributed by atoms with Crippen molar-refractivity contribution in [3.63, 3.8) is 0 Å². The summed E-state index contributed by atoms with van der Waals surface area (Å²) in [7, 11) is 0.